The highest BCUT2D eigenvalue weighted by Crippen LogP contribution is 2.40. The number of hydrogen-bond donors (Lipinski definition) is 2. The van der Waals surface area contributed by atoms with Gasteiger partial charge >= 0.3 is 12.4 Å². The minimum atomic E-state index is -5.74. The Morgan fingerprint density at radius 2 is 1.57 bits per heavy atom. The second-order valence-electron chi connectivity index (χ2n) is 4.48. The Hall–Kier alpha value is -1.93. The molecule has 9 heteroatoms. The van der Waals surface area contributed by atoms with Crippen LogP contribution in [-0.2, 0) is 4.79 Å². The number of alkyl halides is 6. The molecule has 0 atom stereocenters. The second-order valence-corrected chi connectivity index (χ2v) is 4.48. The number of carbonyl (C=O) groups excluding carboxylic acids is 1. The third-order valence-electron chi connectivity index (χ3n) is 2.93. The van der Waals surface area contributed by atoms with E-state index in [1.165, 1.54) is 19.1 Å². The van der Waals surface area contributed by atoms with Gasteiger partial charge in [-0.05, 0) is 31.0 Å². The van der Waals surface area contributed by atoms with Gasteiger partial charge in [-0.3, -0.25) is 4.79 Å². The Morgan fingerprint density at radius 1 is 1.10 bits per heavy atom. The molecule has 21 heavy (non-hydrogen) atoms. The molecule has 0 bridgehead atoms. The zero-order valence-electron chi connectivity index (χ0n) is 11.0. The molecule has 3 nitrogen and oxygen atoms in total. The quantitative estimate of drug-likeness (QED) is 0.648. The summed E-state index contributed by atoms with van der Waals surface area (Å²) < 4.78 is 74.6. The topological polar surface area (TPSA) is 55.1 Å². The van der Waals surface area contributed by atoms with Crippen molar-refractivity contribution in [2.45, 2.75) is 26.2 Å². The van der Waals surface area contributed by atoms with E-state index in [4.69, 9.17) is 5.73 Å². The highest BCUT2D eigenvalue weighted by molar-refractivity contribution is 5.97. The first-order chi connectivity index (χ1) is 9.35. The van der Waals surface area contributed by atoms with Gasteiger partial charge in [-0.2, -0.15) is 26.3 Å². The van der Waals surface area contributed by atoms with Gasteiger partial charge in [0.05, 0.1) is 11.4 Å². The van der Waals surface area contributed by atoms with Gasteiger partial charge in [-0.15, -0.1) is 0 Å². The molecule has 0 radical (unpaired) electrons. The number of halogens is 6. The summed E-state index contributed by atoms with van der Waals surface area (Å²) in [7, 11) is 0. The Morgan fingerprint density at radius 3 is 2.00 bits per heavy atom. The number of amides is 1. The fourth-order valence-corrected chi connectivity index (χ4v) is 1.68. The van der Waals surface area contributed by atoms with Crippen LogP contribution in [0.3, 0.4) is 0 Å². The monoisotopic (exact) mass is 314 g/mol. The van der Waals surface area contributed by atoms with E-state index in [0.29, 0.717) is 11.1 Å². The number of aryl methyl sites for hydroxylation is 1. The zero-order valence-corrected chi connectivity index (χ0v) is 11.0. The first-order valence-corrected chi connectivity index (χ1v) is 5.65. The van der Waals surface area contributed by atoms with Crippen molar-refractivity contribution in [3.63, 3.8) is 0 Å². The molecule has 0 aliphatic rings. The minimum absolute atomic E-state index is 0.116. The molecule has 0 heterocycles. The third kappa shape index (κ3) is 3.79. The molecule has 0 fully saturated rings. The van der Waals surface area contributed by atoms with E-state index in [1.54, 1.807) is 12.2 Å². The van der Waals surface area contributed by atoms with Crippen molar-refractivity contribution in [2.24, 2.45) is 5.92 Å². The van der Waals surface area contributed by atoms with Gasteiger partial charge in [-0.25, -0.2) is 0 Å². The van der Waals surface area contributed by atoms with Crippen LogP contribution < -0.4 is 11.1 Å². The largest absolute Gasteiger partial charge is 0.409 e. The van der Waals surface area contributed by atoms with Gasteiger partial charge in [-0.1, -0.05) is 6.07 Å². The molecule has 0 aliphatic carbocycles. The van der Waals surface area contributed by atoms with Crippen LogP contribution in [0.5, 0.6) is 0 Å². The van der Waals surface area contributed by atoms with Crippen LogP contribution in [0.1, 0.15) is 11.1 Å². The number of nitrogen functional groups attached to an aromatic ring is 1. The lowest BCUT2D eigenvalue weighted by Crippen LogP contribution is -2.45. The summed E-state index contributed by atoms with van der Waals surface area (Å²) in [5, 5.41) is 1.63. The first kappa shape index (κ1) is 17.1. The summed E-state index contributed by atoms with van der Waals surface area (Å²) in [5.74, 6) is -6.32. The standard InChI is InChI=1S/C12H12F6N2O/c1-5-3-4-7(19)8(6(5)2)20-10(21)9(11(13,14)15)12(16,17)18/h3-4,9H,19H2,1-2H3,(H,20,21). The summed E-state index contributed by atoms with van der Waals surface area (Å²) in [6.45, 7) is 3.01. The summed E-state index contributed by atoms with van der Waals surface area (Å²) in [6.07, 6.45) is -11.5. The number of benzene rings is 1. The molecular weight excluding hydrogens is 302 g/mol. The molecular formula is C12H12F6N2O. The van der Waals surface area contributed by atoms with Crippen molar-refractivity contribution in [1.82, 2.24) is 0 Å². The first-order valence-electron chi connectivity index (χ1n) is 5.65. The van der Waals surface area contributed by atoms with Crippen LogP contribution in [-0.4, -0.2) is 18.3 Å². The van der Waals surface area contributed by atoms with Crippen LogP contribution in [0.2, 0.25) is 0 Å². The Balaban J connectivity index is 3.18. The van der Waals surface area contributed by atoms with Crippen LogP contribution in [0.15, 0.2) is 12.1 Å². The maximum Gasteiger partial charge on any atom is 0.409 e. The van der Waals surface area contributed by atoms with Crippen LogP contribution in [0.4, 0.5) is 37.7 Å². The van der Waals surface area contributed by atoms with Crippen molar-refractivity contribution in [1.29, 1.82) is 0 Å². The normalized spacial score (nSPS) is 12.6. The fraction of sp³-hybridized carbons (Fsp3) is 0.417. The van der Waals surface area contributed by atoms with Gasteiger partial charge in [0.2, 0.25) is 11.8 Å². The summed E-state index contributed by atoms with van der Waals surface area (Å²) in [5.41, 5.74) is 5.97. The number of carbonyl (C=O) groups is 1. The van der Waals surface area contributed by atoms with E-state index < -0.39 is 24.2 Å². The van der Waals surface area contributed by atoms with Crippen LogP contribution in [0.25, 0.3) is 0 Å². The van der Waals surface area contributed by atoms with Crippen LogP contribution >= 0.6 is 0 Å². The maximum atomic E-state index is 12.4. The Bertz CT molecular complexity index is 536. The average molecular weight is 314 g/mol. The fourth-order valence-electron chi connectivity index (χ4n) is 1.68. The van der Waals surface area contributed by atoms with Gasteiger partial charge in [0, 0.05) is 0 Å². The van der Waals surface area contributed by atoms with Crippen molar-refractivity contribution >= 4 is 17.3 Å². The van der Waals surface area contributed by atoms with Crippen molar-refractivity contribution in [3.8, 4) is 0 Å². The lowest BCUT2D eigenvalue weighted by atomic mass is 10.0. The summed E-state index contributed by atoms with van der Waals surface area (Å²) in [4.78, 5) is 11.4. The van der Waals surface area contributed by atoms with Gasteiger partial charge in [0.25, 0.3) is 0 Å². The molecule has 0 aliphatic heterocycles. The predicted molar refractivity (Wildman–Crippen MR) is 64.6 cm³/mol. The SMILES string of the molecule is Cc1ccc(N)c(NC(=O)C(C(F)(F)F)C(F)(F)F)c1C. The van der Waals surface area contributed by atoms with E-state index in [9.17, 15) is 31.1 Å². The minimum Gasteiger partial charge on any atom is -0.397 e. The second kappa shape index (κ2) is 5.45. The van der Waals surface area contributed by atoms with Gasteiger partial charge < -0.3 is 11.1 Å². The Kier molecular flexibility index (Phi) is 4.45. The highest BCUT2D eigenvalue weighted by atomic mass is 19.4. The molecule has 0 unspecified atom stereocenters. The van der Waals surface area contributed by atoms with Gasteiger partial charge in [0.15, 0.2) is 0 Å². The van der Waals surface area contributed by atoms with E-state index in [-0.39, 0.29) is 11.4 Å². The number of nitrogens with one attached hydrogen (secondary N) is 1. The molecule has 0 aromatic heterocycles. The number of rotatable bonds is 2. The number of nitrogens with two attached hydrogens (primary N) is 1. The van der Waals surface area contributed by atoms with E-state index in [0.717, 1.165) is 0 Å². The van der Waals surface area contributed by atoms with E-state index in [2.05, 4.69) is 0 Å². The molecule has 118 valence electrons. The molecule has 0 spiro atoms. The highest BCUT2D eigenvalue weighted by Gasteiger charge is 2.61. The van der Waals surface area contributed by atoms with Gasteiger partial charge in [0.1, 0.15) is 0 Å². The van der Waals surface area contributed by atoms with E-state index >= 15 is 0 Å². The molecule has 0 saturated carbocycles. The Labute approximate surface area is 116 Å². The molecule has 1 amide bonds. The lowest BCUT2D eigenvalue weighted by Gasteiger charge is -2.23. The molecule has 1 aromatic rings. The third-order valence-corrected chi connectivity index (χ3v) is 2.93. The lowest BCUT2D eigenvalue weighted by molar-refractivity contribution is -0.272. The van der Waals surface area contributed by atoms with E-state index in [1.807, 2.05) is 0 Å². The maximum absolute atomic E-state index is 12.4. The van der Waals surface area contributed by atoms with Crippen molar-refractivity contribution in [2.75, 3.05) is 11.1 Å². The number of anilines is 2. The van der Waals surface area contributed by atoms with Crippen molar-refractivity contribution in [3.05, 3.63) is 23.3 Å². The number of hydrogen-bond acceptors (Lipinski definition) is 2. The molecule has 1 rings (SSSR count). The van der Waals surface area contributed by atoms with Crippen molar-refractivity contribution < 1.29 is 31.1 Å². The predicted octanol–water partition coefficient (Wildman–Crippen LogP) is 3.56. The average Bonchev–Trinajstić information content (AvgIpc) is 2.25. The summed E-state index contributed by atoms with van der Waals surface area (Å²) in [6, 6.07) is 2.82. The molecule has 0 saturated heterocycles. The zero-order chi connectivity index (χ0) is 16.6. The van der Waals surface area contributed by atoms with Crippen LogP contribution in [0, 0.1) is 19.8 Å². The smallest absolute Gasteiger partial charge is 0.397 e. The molecule has 1 aromatic carbocycles. The molecule has 3 N–H and O–H groups in total. The summed E-state index contributed by atoms with van der Waals surface area (Å²) >= 11 is 0.